The van der Waals surface area contributed by atoms with Crippen molar-refractivity contribution in [2.45, 2.75) is 13.0 Å². The minimum absolute atomic E-state index is 0.279. The van der Waals surface area contributed by atoms with Crippen LogP contribution in [0.5, 0.6) is 0 Å². The predicted octanol–water partition coefficient (Wildman–Crippen LogP) is 1.94. The summed E-state index contributed by atoms with van der Waals surface area (Å²) in [6, 6.07) is 11.8. The molecule has 0 aromatic carbocycles. The molecule has 6 heteroatoms. The maximum atomic E-state index is 8.85. The molecule has 0 radical (unpaired) electrons. The van der Waals surface area contributed by atoms with Crippen molar-refractivity contribution in [3.05, 3.63) is 47.8 Å². The molecule has 23 heavy (non-hydrogen) atoms. The molecule has 1 atom stereocenters. The van der Waals surface area contributed by atoms with E-state index in [4.69, 9.17) is 10.5 Å². The van der Waals surface area contributed by atoms with Crippen LogP contribution in [0.3, 0.4) is 0 Å². The van der Waals surface area contributed by atoms with Crippen molar-refractivity contribution < 1.29 is 0 Å². The van der Waals surface area contributed by atoms with Crippen molar-refractivity contribution in [2.75, 3.05) is 29.4 Å². The molecule has 0 saturated carbocycles. The summed E-state index contributed by atoms with van der Waals surface area (Å²) >= 11 is 0. The van der Waals surface area contributed by atoms with Crippen molar-refractivity contribution in [2.24, 2.45) is 0 Å². The van der Waals surface area contributed by atoms with Crippen LogP contribution in [0.25, 0.3) is 0 Å². The first-order chi connectivity index (χ1) is 11.2. The van der Waals surface area contributed by atoms with Crippen LogP contribution in [-0.4, -0.2) is 35.6 Å². The Balaban J connectivity index is 1.71. The van der Waals surface area contributed by atoms with Crippen LogP contribution in [-0.2, 0) is 0 Å². The molecule has 3 rings (SSSR count). The van der Waals surface area contributed by atoms with Crippen LogP contribution < -0.4 is 9.80 Å². The highest BCUT2D eigenvalue weighted by Gasteiger charge is 2.25. The fourth-order valence-electron chi connectivity index (χ4n) is 2.77. The van der Waals surface area contributed by atoms with Crippen molar-refractivity contribution >= 4 is 11.6 Å². The summed E-state index contributed by atoms with van der Waals surface area (Å²) in [5.41, 5.74) is 1.14. The lowest BCUT2D eigenvalue weighted by atomic mass is 10.1. The van der Waals surface area contributed by atoms with E-state index in [1.54, 1.807) is 24.5 Å². The van der Waals surface area contributed by atoms with Gasteiger partial charge in [-0.15, -0.1) is 0 Å². The Kier molecular flexibility index (Phi) is 4.07. The summed E-state index contributed by atoms with van der Waals surface area (Å²) in [5.74, 6) is 1.78. The van der Waals surface area contributed by atoms with Gasteiger partial charge in [-0.05, 0) is 31.2 Å². The van der Waals surface area contributed by atoms with Crippen LogP contribution >= 0.6 is 0 Å². The Bertz CT molecular complexity index is 754. The van der Waals surface area contributed by atoms with E-state index < -0.39 is 0 Å². The van der Waals surface area contributed by atoms with Crippen molar-refractivity contribution in [1.29, 1.82) is 10.5 Å². The van der Waals surface area contributed by atoms with E-state index in [1.165, 1.54) is 0 Å². The fraction of sp³-hybridized carbons (Fsp3) is 0.294. The van der Waals surface area contributed by atoms with Crippen LogP contribution in [0.4, 0.5) is 11.6 Å². The van der Waals surface area contributed by atoms with E-state index in [2.05, 4.69) is 38.8 Å². The molecular formula is C17H16N6. The maximum Gasteiger partial charge on any atom is 0.128 e. The second-order valence-electron chi connectivity index (χ2n) is 5.52. The fourth-order valence-corrected chi connectivity index (χ4v) is 2.77. The van der Waals surface area contributed by atoms with Gasteiger partial charge in [-0.25, -0.2) is 9.97 Å². The monoisotopic (exact) mass is 304 g/mol. The van der Waals surface area contributed by atoms with Crippen molar-refractivity contribution in [3.63, 3.8) is 0 Å². The lowest BCUT2D eigenvalue weighted by molar-refractivity contribution is 0.543. The van der Waals surface area contributed by atoms with Crippen LogP contribution in [0, 0.1) is 22.7 Å². The minimum atomic E-state index is 0.279. The number of piperazine rings is 1. The Morgan fingerprint density at radius 1 is 0.957 bits per heavy atom. The summed E-state index contributed by atoms with van der Waals surface area (Å²) in [7, 11) is 0. The van der Waals surface area contributed by atoms with Gasteiger partial charge in [0.2, 0.25) is 0 Å². The van der Waals surface area contributed by atoms with Gasteiger partial charge in [-0.1, -0.05) is 0 Å². The molecule has 1 fully saturated rings. The Morgan fingerprint density at radius 2 is 1.57 bits per heavy atom. The third-order valence-corrected chi connectivity index (χ3v) is 4.00. The van der Waals surface area contributed by atoms with Crippen LogP contribution in [0.2, 0.25) is 0 Å². The smallest absolute Gasteiger partial charge is 0.128 e. The predicted molar refractivity (Wildman–Crippen MR) is 86.9 cm³/mol. The minimum Gasteiger partial charge on any atom is -0.353 e. The Labute approximate surface area is 135 Å². The molecule has 0 spiro atoms. The first-order valence-electron chi connectivity index (χ1n) is 7.45. The van der Waals surface area contributed by atoms with E-state index in [9.17, 15) is 0 Å². The molecule has 0 bridgehead atoms. The lowest BCUT2D eigenvalue weighted by Crippen LogP contribution is -2.52. The Morgan fingerprint density at radius 3 is 2.04 bits per heavy atom. The van der Waals surface area contributed by atoms with Gasteiger partial charge < -0.3 is 9.80 Å². The quantitative estimate of drug-likeness (QED) is 0.843. The summed E-state index contributed by atoms with van der Waals surface area (Å²) in [6.45, 7) is 4.66. The second-order valence-corrected chi connectivity index (χ2v) is 5.52. The summed E-state index contributed by atoms with van der Waals surface area (Å²) in [4.78, 5) is 13.2. The number of anilines is 2. The number of pyridine rings is 2. The average Bonchev–Trinajstić information content (AvgIpc) is 2.62. The van der Waals surface area contributed by atoms with Crippen LogP contribution in [0.1, 0.15) is 18.1 Å². The molecule has 114 valence electrons. The number of aromatic nitrogens is 2. The van der Waals surface area contributed by atoms with Gasteiger partial charge >= 0.3 is 0 Å². The van der Waals surface area contributed by atoms with Gasteiger partial charge in [-0.3, -0.25) is 0 Å². The van der Waals surface area contributed by atoms with E-state index in [-0.39, 0.29) is 6.04 Å². The zero-order valence-corrected chi connectivity index (χ0v) is 12.8. The number of nitriles is 2. The zero-order valence-electron chi connectivity index (χ0n) is 12.8. The third kappa shape index (κ3) is 3.07. The lowest BCUT2D eigenvalue weighted by Gasteiger charge is -2.41. The second kappa shape index (κ2) is 6.33. The molecular weight excluding hydrogens is 288 g/mol. The van der Waals surface area contributed by atoms with Gasteiger partial charge in [0, 0.05) is 38.1 Å². The molecule has 1 aliphatic rings. The molecule has 6 nitrogen and oxygen atoms in total. The maximum absolute atomic E-state index is 8.85. The molecule has 1 aliphatic heterocycles. The molecule has 0 amide bonds. The molecule has 3 heterocycles. The highest BCUT2D eigenvalue weighted by Crippen LogP contribution is 2.21. The molecule has 0 N–H and O–H groups in total. The van der Waals surface area contributed by atoms with Gasteiger partial charge in [-0.2, -0.15) is 10.5 Å². The van der Waals surface area contributed by atoms with Crippen molar-refractivity contribution in [1.82, 2.24) is 9.97 Å². The number of hydrogen-bond acceptors (Lipinski definition) is 6. The first-order valence-corrected chi connectivity index (χ1v) is 7.45. The van der Waals surface area contributed by atoms with E-state index >= 15 is 0 Å². The number of hydrogen-bond donors (Lipinski definition) is 0. The van der Waals surface area contributed by atoms with Crippen molar-refractivity contribution in [3.8, 4) is 12.1 Å². The highest BCUT2D eigenvalue weighted by molar-refractivity contribution is 5.48. The highest BCUT2D eigenvalue weighted by atomic mass is 15.3. The molecule has 0 aliphatic carbocycles. The standard InChI is InChI=1S/C17H16N6/c1-13-12-22(16-4-2-14(8-18)10-20-16)6-7-23(13)17-5-3-15(9-19)11-21-17/h2-5,10-11,13H,6-7,12H2,1H3/t13-/m0/s1. The molecule has 0 unspecified atom stereocenters. The number of nitrogens with zero attached hydrogens (tertiary/aromatic N) is 6. The van der Waals surface area contributed by atoms with Gasteiger partial charge in [0.25, 0.3) is 0 Å². The summed E-state index contributed by atoms with van der Waals surface area (Å²) < 4.78 is 0. The average molecular weight is 304 g/mol. The van der Waals surface area contributed by atoms with E-state index in [0.29, 0.717) is 11.1 Å². The van der Waals surface area contributed by atoms with Gasteiger partial charge in [0.1, 0.15) is 23.8 Å². The van der Waals surface area contributed by atoms with Gasteiger partial charge in [0.05, 0.1) is 11.1 Å². The number of rotatable bonds is 2. The summed E-state index contributed by atoms with van der Waals surface area (Å²) in [6.07, 6.45) is 3.21. The van der Waals surface area contributed by atoms with Gasteiger partial charge in [0.15, 0.2) is 0 Å². The van der Waals surface area contributed by atoms with E-state index in [0.717, 1.165) is 31.3 Å². The third-order valence-electron chi connectivity index (χ3n) is 4.00. The van der Waals surface area contributed by atoms with E-state index in [1.807, 2.05) is 12.1 Å². The first kappa shape index (κ1) is 14.8. The molecule has 2 aromatic rings. The Hall–Kier alpha value is -3.12. The normalized spacial score (nSPS) is 17.4. The topological polar surface area (TPSA) is 79.8 Å². The molecule has 1 saturated heterocycles. The largest absolute Gasteiger partial charge is 0.353 e. The zero-order chi connectivity index (χ0) is 16.2. The molecule has 2 aromatic heterocycles. The van der Waals surface area contributed by atoms with Crippen LogP contribution in [0.15, 0.2) is 36.7 Å². The summed E-state index contributed by atoms with van der Waals surface area (Å²) in [5, 5.41) is 17.7. The SMILES string of the molecule is C[C@H]1CN(c2ccc(C#N)cn2)CCN1c1ccc(C#N)cn1.